The maximum Gasteiger partial charge on any atom is 0.416 e. The SMILES string of the molecule is CN1CCN(Cc2ccc(NC(=O)Nc3ccc(-c4cn(C5CC5)c5ncnc(N)c45)c4c3OCC4)cc2C(F)(F)F)CC1. The van der Waals surface area contributed by atoms with Crippen molar-refractivity contribution in [3.63, 3.8) is 0 Å². The lowest BCUT2D eigenvalue weighted by atomic mass is 9.97. The maximum absolute atomic E-state index is 14.0. The number of likely N-dealkylation sites (N-methyl/N-ethyl adjacent to an activating group) is 1. The molecule has 1 saturated heterocycles. The molecule has 4 N–H and O–H groups in total. The van der Waals surface area contributed by atoms with Crippen molar-refractivity contribution in [3.05, 3.63) is 59.5 Å². The first-order valence-corrected chi connectivity index (χ1v) is 14.7. The highest BCUT2D eigenvalue weighted by Crippen LogP contribution is 2.46. The molecule has 2 aromatic carbocycles. The van der Waals surface area contributed by atoms with Crippen molar-refractivity contribution in [3.8, 4) is 16.9 Å². The van der Waals surface area contributed by atoms with Gasteiger partial charge in [-0.25, -0.2) is 14.8 Å². The summed E-state index contributed by atoms with van der Waals surface area (Å²) in [6.07, 6.45) is 1.75. The molecule has 13 heteroatoms. The predicted octanol–water partition coefficient (Wildman–Crippen LogP) is 5.36. The van der Waals surface area contributed by atoms with E-state index in [2.05, 4.69) is 36.3 Å². The topological polar surface area (TPSA) is 114 Å². The molecular formula is C31H33F3N8O2. The van der Waals surface area contributed by atoms with E-state index >= 15 is 0 Å². The van der Waals surface area contributed by atoms with E-state index in [1.807, 2.05) is 18.0 Å². The molecule has 4 aromatic rings. The standard InChI is InChI=1S/C31H33F3N8O2/c1-40-9-11-41(12-10-40)15-18-2-3-19(14-24(18)31(32,33)34)38-30(43)39-25-7-6-21(22-8-13-44-27(22)25)23-16-42(20-4-5-20)29-26(23)28(35)36-17-37-29/h2-3,6-7,14,16-17,20H,4-5,8-13,15H2,1H3,(H2,35,36,37)(H2,38,39,43). The number of benzene rings is 2. The fourth-order valence-corrected chi connectivity index (χ4v) is 6.18. The third kappa shape index (κ3) is 5.41. The number of nitrogens with zero attached hydrogens (tertiary/aromatic N) is 5. The van der Waals surface area contributed by atoms with Crippen LogP contribution in [0.5, 0.6) is 5.75 Å². The number of nitrogens with two attached hydrogens (primary N) is 1. The first-order chi connectivity index (χ1) is 21.2. The zero-order chi connectivity index (χ0) is 30.6. The van der Waals surface area contributed by atoms with Crippen molar-refractivity contribution in [2.24, 2.45) is 0 Å². The van der Waals surface area contributed by atoms with E-state index in [0.717, 1.165) is 59.7 Å². The highest BCUT2D eigenvalue weighted by molar-refractivity contribution is 6.04. The van der Waals surface area contributed by atoms with E-state index in [1.165, 1.54) is 18.5 Å². The second-order valence-corrected chi connectivity index (χ2v) is 11.7. The van der Waals surface area contributed by atoms with Gasteiger partial charge in [-0.2, -0.15) is 13.2 Å². The number of halogens is 3. The van der Waals surface area contributed by atoms with Crippen LogP contribution in [0.25, 0.3) is 22.2 Å². The molecule has 0 bridgehead atoms. The molecule has 0 spiro atoms. The number of carbonyl (C=O) groups is 1. The second kappa shape index (κ2) is 11.0. The minimum absolute atomic E-state index is 0.0505. The molecule has 230 valence electrons. The summed E-state index contributed by atoms with van der Waals surface area (Å²) >= 11 is 0. The summed E-state index contributed by atoms with van der Waals surface area (Å²) in [6, 6.07) is 7.30. The Kier molecular flexibility index (Phi) is 7.08. The van der Waals surface area contributed by atoms with Gasteiger partial charge in [0.25, 0.3) is 0 Å². The molecule has 44 heavy (non-hydrogen) atoms. The Bertz CT molecular complexity index is 1740. The molecule has 2 aliphatic heterocycles. The van der Waals surface area contributed by atoms with Crippen LogP contribution in [0.1, 0.15) is 35.6 Å². The Morgan fingerprint density at radius 1 is 1.07 bits per heavy atom. The molecule has 0 atom stereocenters. The van der Waals surface area contributed by atoms with Crippen LogP contribution in [0.2, 0.25) is 0 Å². The number of rotatable bonds is 6. The van der Waals surface area contributed by atoms with E-state index in [0.29, 0.717) is 49.4 Å². The number of nitrogen functional groups attached to an aromatic ring is 1. The van der Waals surface area contributed by atoms with Crippen LogP contribution < -0.4 is 21.1 Å². The number of ether oxygens (including phenoxy) is 1. The summed E-state index contributed by atoms with van der Waals surface area (Å²) in [7, 11) is 2.00. The fraction of sp³-hybridized carbons (Fsp3) is 0.387. The number of amides is 2. The van der Waals surface area contributed by atoms with E-state index in [9.17, 15) is 18.0 Å². The lowest BCUT2D eigenvalue weighted by Crippen LogP contribution is -2.44. The molecule has 7 rings (SSSR count). The number of hydrogen-bond donors (Lipinski definition) is 3. The average molecular weight is 607 g/mol. The summed E-state index contributed by atoms with van der Waals surface area (Å²) in [6.45, 7) is 3.64. The van der Waals surface area contributed by atoms with Gasteiger partial charge >= 0.3 is 12.2 Å². The summed E-state index contributed by atoms with van der Waals surface area (Å²) in [5.74, 6) is 0.922. The minimum atomic E-state index is -4.56. The summed E-state index contributed by atoms with van der Waals surface area (Å²) in [5.41, 5.74) is 9.73. The quantitative estimate of drug-likeness (QED) is 0.271. The number of hydrogen-bond acceptors (Lipinski definition) is 7. The Balaban J connectivity index is 1.12. The van der Waals surface area contributed by atoms with Gasteiger partial charge in [0, 0.05) is 68.2 Å². The first kappa shape index (κ1) is 28.4. The Morgan fingerprint density at radius 3 is 2.61 bits per heavy atom. The van der Waals surface area contributed by atoms with Crippen LogP contribution in [0.15, 0.2) is 42.9 Å². The molecule has 1 saturated carbocycles. The van der Waals surface area contributed by atoms with Crippen molar-refractivity contribution in [1.82, 2.24) is 24.3 Å². The molecule has 2 amide bonds. The Morgan fingerprint density at radius 2 is 1.86 bits per heavy atom. The highest BCUT2D eigenvalue weighted by atomic mass is 19.4. The van der Waals surface area contributed by atoms with Crippen LogP contribution in [0.3, 0.4) is 0 Å². The van der Waals surface area contributed by atoms with E-state index in [1.54, 1.807) is 6.07 Å². The molecule has 4 heterocycles. The Labute approximate surface area is 252 Å². The number of nitrogens with one attached hydrogen (secondary N) is 2. The van der Waals surface area contributed by atoms with Crippen molar-refractivity contribution in [1.29, 1.82) is 0 Å². The molecular weight excluding hydrogens is 573 g/mol. The molecule has 0 unspecified atom stereocenters. The zero-order valence-electron chi connectivity index (χ0n) is 24.2. The van der Waals surface area contributed by atoms with Gasteiger partial charge in [0.05, 0.1) is 23.2 Å². The van der Waals surface area contributed by atoms with Gasteiger partial charge in [0.1, 0.15) is 23.5 Å². The van der Waals surface area contributed by atoms with Crippen LogP contribution in [-0.2, 0) is 19.1 Å². The maximum atomic E-state index is 14.0. The predicted molar refractivity (Wildman–Crippen MR) is 162 cm³/mol. The van der Waals surface area contributed by atoms with Gasteiger partial charge in [-0.05, 0) is 49.2 Å². The zero-order valence-corrected chi connectivity index (χ0v) is 24.2. The lowest BCUT2D eigenvalue weighted by molar-refractivity contribution is -0.138. The second-order valence-electron chi connectivity index (χ2n) is 11.7. The monoisotopic (exact) mass is 606 g/mol. The smallest absolute Gasteiger partial charge is 0.416 e. The van der Waals surface area contributed by atoms with Crippen molar-refractivity contribution in [2.75, 3.05) is 56.2 Å². The molecule has 2 aromatic heterocycles. The van der Waals surface area contributed by atoms with Crippen LogP contribution >= 0.6 is 0 Å². The number of urea groups is 1. The average Bonchev–Trinajstić information content (AvgIpc) is 3.56. The van der Waals surface area contributed by atoms with Gasteiger partial charge in [-0.15, -0.1) is 0 Å². The van der Waals surface area contributed by atoms with Crippen LogP contribution in [-0.4, -0.2) is 70.2 Å². The minimum Gasteiger partial charge on any atom is -0.491 e. The van der Waals surface area contributed by atoms with Gasteiger partial charge in [0.2, 0.25) is 0 Å². The van der Waals surface area contributed by atoms with Crippen molar-refractivity contribution < 1.29 is 22.7 Å². The van der Waals surface area contributed by atoms with Crippen LogP contribution in [0.4, 0.5) is 35.2 Å². The van der Waals surface area contributed by atoms with Gasteiger partial charge in [-0.1, -0.05) is 12.1 Å². The van der Waals surface area contributed by atoms with E-state index in [-0.39, 0.29) is 17.8 Å². The lowest BCUT2D eigenvalue weighted by Gasteiger charge is -2.33. The van der Waals surface area contributed by atoms with Crippen LogP contribution in [0, 0.1) is 0 Å². The van der Waals surface area contributed by atoms with Gasteiger partial charge in [0.15, 0.2) is 0 Å². The number of carbonyl (C=O) groups excluding carboxylic acids is 1. The number of piperazine rings is 1. The number of alkyl halides is 3. The summed E-state index contributed by atoms with van der Waals surface area (Å²) in [4.78, 5) is 25.9. The molecule has 1 aliphatic carbocycles. The Hall–Kier alpha value is -4.36. The third-order valence-corrected chi connectivity index (χ3v) is 8.64. The summed E-state index contributed by atoms with van der Waals surface area (Å²) < 4.78 is 50.2. The fourth-order valence-electron chi connectivity index (χ4n) is 6.18. The number of aromatic nitrogens is 3. The van der Waals surface area contributed by atoms with Crippen molar-refractivity contribution in [2.45, 2.75) is 38.0 Å². The molecule has 3 aliphatic rings. The third-order valence-electron chi connectivity index (χ3n) is 8.64. The first-order valence-electron chi connectivity index (χ1n) is 14.7. The van der Waals surface area contributed by atoms with Crippen molar-refractivity contribution >= 4 is 34.3 Å². The largest absolute Gasteiger partial charge is 0.491 e. The normalized spacial score (nSPS) is 17.5. The van der Waals surface area contributed by atoms with E-state index in [4.69, 9.17) is 10.5 Å². The molecule has 2 fully saturated rings. The highest BCUT2D eigenvalue weighted by Gasteiger charge is 2.35. The van der Waals surface area contributed by atoms with E-state index < -0.39 is 17.8 Å². The number of fused-ring (bicyclic) bond motifs is 2. The molecule has 0 radical (unpaired) electrons. The molecule has 10 nitrogen and oxygen atoms in total. The van der Waals surface area contributed by atoms with Gasteiger partial charge < -0.3 is 30.6 Å². The van der Waals surface area contributed by atoms with Gasteiger partial charge in [-0.3, -0.25) is 4.90 Å². The summed E-state index contributed by atoms with van der Waals surface area (Å²) in [5, 5.41) is 6.12. The number of anilines is 3.